The number of carbonyl (C=O) groups is 1. The minimum Gasteiger partial charge on any atom is -0.507 e. The molecule has 5 nitrogen and oxygen atoms in total. The number of anilines is 1. The third-order valence-electron chi connectivity index (χ3n) is 5.61. The van der Waals surface area contributed by atoms with Crippen molar-refractivity contribution in [1.29, 1.82) is 0 Å². The van der Waals surface area contributed by atoms with Gasteiger partial charge in [-0.05, 0) is 60.4 Å². The molecule has 31 heavy (non-hydrogen) atoms. The van der Waals surface area contributed by atoms with Crippen LogP contribution in [0.25, 0.3) is 22.4 Å². The first kappa shape index (κ1) is 21.5. The number of aromatic nitrogens is 1. The molecule has 1 aliphatic rings. The third kappa shape index (κ3) is 3.62. The summed E-state index contributed by atoms with van der Waals surface area (Å²) in [6.45, 7) is 4.21. The monoisotopic (exact) mass is 458 g/mol. The summed E-state index contributed by atoms with van der Waals surface area (Å²) in [5, 5.41) is 20.6. The van der Waals surface area contributed by atoms with Crippen LogP contribution in [0, 0.1) is 19.7 Å². The average molecular weight is 459 g/mol. The van der Waals surface area contributed by atoms with Gasteiger partial charge in [-0.15, -0.1) is 0 Å². The summed E-state index contributed by atoms with van der Waals surface area (Å²) in [4.78, 5) is 16.1. The van der Waals surface area contributed by atoms with Crippen LogP contribution >= 0.6 is 23.5 Å². The van der Waals surface area contributed by atoms with Gasteiger partial charge in [0.15, 0.2) is 0 Å². The van der Waals surface area contributed by atoms with Crippen LogP contribution < -0.4 is 4.31 Å². The number of hydrogen-bond donors (Lipinski definition) is 2. The zero-order valence-corrected chi connectivity index (χ0v) is 18.7. The summed E-state index contributed by atoms with van der Waals surface area (Å²) in [5.74, 6) is -1.41. The quantitative estimate of drug-likeness (QED) is 0.484. The largest absolute Gasteiger partial charge is 0.507 e. The van der Waals surface area contributed by atoms with Crippen molar-refractivity contribution in [3.63, 3.8) is 0 Å². The van der Waals surface area contributed by atoms with Gasteiger partial charge in [-0.1, -0.05) is 23.5 Å². The van der Waals surface area contributed by atoms with Gasteiger partial charge in [0.05, 0.1) is 30.5 Å². The molecule has 0 bridgehead atoms. The fraction of sp³-hybridized carbons (Fsp3) is 0.217. The topological polar surface area (TPSA) is 73.7 Å². The summed E-state index contributed by atoms with van der Waals surface area (Å²) < 4.78 is 16.0. The Bertz CT molecular complexity index is 1230. The van der Waals surface area contributed by atoms with E-state index in [0.29, 0.717) is 34.0 Å². The Balaban J connectivity index is 2.14. The number of nitrogens with zero attached hydrogens (tertiary/aromatic N) is 2. The van der Waals surface area contributed by atoms with E-state index in [2.05, 4.69) is 4.98 Å². The SMILES string of the molecule is CSN1Cc2cc(F)cnc2-c2c(C)c(-c3ccc(Cl)cc3O)c(CC(=O)O)c(C)c21. The number of aromatic hydroxyl groups is 1. The molecule has 1 aromatic heterocycles. The predicted molar refractivity (Wildman–Crippen MR) is 122 cm³/mol. The van der Waals surface area contributed by atoms with Crippen LogP contribution in [0.5, 0.6) is 5.75 Å². The Morgan fingerprint density at radius 1 is 1.26 bits per heavy atom. The number of phenolic OH excluding ortho intramolecular Hbond substituents is 1. The van der Waals surface area contributed by atoms with Gasteiger partial charge in [-0.2, -0.15) is 0 Å². The minimum atomic E-state index is -0.968. The highest BCUT2D eigenvalue weighted by Crippen LogP contribution is 2.50. The molecule has 0 fully saturated rings. The average Bonchev–Trinajstić information content (AvgIpc) is 2.71. The van der Waals surface area contributed by atoms with Crippen molar-refractivity contribution in [2.24, 2.45) is 0 Å². The molecule has 0 saturated carbocycles. The van der Waals surface area contributed by atoms with Gasteiger partial charge >= 0.3 is 5.97 Å². The van der Waals surface area contributed by atoms with Crippen LogP contribution in [0.3, 0.4) is 0 Å². The van der Waals surface area contributed by atoms with Crippen LogP contribution in [-0.2, 0) is 17.8 Å². The summed E-state index contributed by atoms with van der Waals surface area (Å²) in [5.41, 5.74) is 6.40. The number of halogens is 2. The predicted octanol–water partition coefficient (Wildman–Crippen LogP) is 5.76. The van der Waals surface area contributed by atoms with Gasteiger partial charge in [0, 0.05) is 28.0 Å². The minimum absolute atomic E-state index is 0.0357. The van der Waals surface area contributed by atoms with Gasteiger partial charge in [0.25, 0.3) is 0 Å². The Labute approximate surface area is 188 Å². The van der Waals surface area contributed by atoms with Gasteiger partial charge in [0.1, 0.15) is 11.6 Å². The second kappa shape index (κ2) is 8.05. The second-order valence-electron chi connectivity index (χ2n) is 7.44. The molecule has 160 valence electrons. The molecule has 2 heterocycles. The first-order valence-electron chi connectivity index (χ1n) is 9.56. The maximum Gasteiger partial charge on any atom is 0.307 e. The summed E-state index contributed by atoms with van der Waals surface area (Å²) in [7, 11) is 0. The Morgan fingerprint density at radius 3 is 2.65 bits per heavy atom. The van der Waals surface area contributed by atoms with Gasteiger partial charge in [-0.25, -0.2) is 4.39 Å². The van der Waals surface area contributed by atoms with E-state index in [4.69, 9.17) is 11.6 Å². The molecule has 0 spiro atoms. The van der Waals surface area contributed by atoms with Crippen LogP contribution in [0.2, 0.25) is 5.02 Å². The van der Waals surface area contributed by atoms with Crippen molar-refractivity contribution in [2.75, 3.05) is 10.6 Å². The number of benzene rings is 2. The fourth-order valence-electron chi connectivity index (χ4n) is 4.32. The Hall–Kier alpha value is -2.77. The number of hydrogen-bond acceptors (Lipinski definition) is 5. The molecule has 0 aliphatic carbocycles. The highest BCUT2D eigenvalue weighted by molar-refractivity contribution is 7.99. The van der Waals surface area contributed by atoms with E-state index in [1.807, 2.05) is 24.4 Å². The zero-order chi connectivity index (χ0) is 22.4. The van der Waals surface area contributed by atoms with Crippen molar-refractivity contribution >= 4 is 35.2 Å². The van der Waals surface area contributed by atoms with E-state index < -0.39 is 11.8 Å². The number of aliphatic carboxylic acids is 1. The van der Waals surface area contributed by atoms with Crippen molar-refractivity contribution in [3.8, 4) is 28.1 Å². The van der Waals surface area contributed by atoms with Gasteiger partial charge in [0.2, 0.25) is 0 Å². The first-order valence-corrected chi connectivity index (χ1v) is 11.1. The molecule has 0 amide bonds. The lowest BCUT2D eigenvalue weighted by Crippen LogP contribution is -2.23. The Kier molecular flexibility index (Phi) is 5.58. The molecule has 0 saturated heterocycles. The van der Waals surface area contributed by atoms with Gasteiger partial charge < -0.3 is 14.5 Å². The number of pyridine rings is 1. The lowest BCUT2D eigenvalue weighted by molar-refractivity contribution is -0.136. The molecule has 2 aromatic carbocycles. The molecule has 1 aliphatic heterocycles. The second-order valence-corrected chi connectivity index (χ2v) is 8.68. The fourth-order valence-corrected chi connectivity index (χ4v) is 5.16. The molecule has 3 aromatic rings. The van der Waals surface area contributed by atoms with Crippen molar-refractivity contribution in [3.05, 3.63) is 63.6 Å². The number of carboxylic acids is 1. The standard InChI is InChI=1S/C23H20ClFN2O3S/c1-11-17(8-19(29)30)20(16-5-4-14(24)7-18(16)28)12(2)21-22-13(6-15(25)9-26-22)10-27(31-3)23(11)21/h4-7,9,28H,8,10H2,1-3H3,(H,29,30). The summed E-state index contributed by atoms with van der Waals surface area (Å²) >= 11 is 7.51. The molecule has 4 rings (SSSR count). The summed E-state index contributed by atoms with van der Waals surface area (Å²) in [6, 6.07) is 6.26. The van der Waals surface area contributed by atoms with E-state index in [-0.39, 0.29) is 12.2 Å². The normalized spacial score (nSPS) is 12.5. The summed E-state index contributed by atoms with van der Waals surface area (Å²) in [6.07, 6.45) is 2.91. The highest BCUT2D eigenvalue weighted by atomic mass is 35.5. The number of rotatable bonds is 4. The van der Waals surface area contributed by atoms with Crippen LogP contribution in [0.4, 0.5) is 10.1 Å². The highest BCUT2D eigenvalue weighted by Gasteiger charge is 2.32. The zero-order valence-electron chi connectivity index (χ0n) is 17.2. The molecular weight excluding hydrogens is 439 g/mol. The number of carboxylic acid groups (broad SMARTS) is 1. The van der Waals surface area contributed by atoms with E-state index in [1.165, 1.54) is 30.3 Å². The van der Waals surface area contributed by atoms with E-state index in [9.17, 15) is 19.4 Å². The maximum absolute atomic E-state index is 13.9. The third-order valence-corrected chi connectivity index (χ3v) is 6.59. The molecule has 0 atom stereocenters. The van der Waals surface area contributed by atoms with Crippen LogP contribution in [0.1, 0.15) is 22.3 Å². The van der Waals surface area contributed by atoms with E-state index in [1.54, 1.807) is 12.1 Å². The van der Waals surface area contributed by atoms with Crippen molar-refractivity contribution < 1.29 is 19.4 Å². The maximum atomic E-state index is 13.9. The number of phenols is 1. The van der Waals surface area contributed by atoms with Crippen LogP contribution in [-0.4, -0.2) is 27.4 Å². The smallest absolute Gasteiger partial charge is 0.307 e. The lowest BCUT2D eigenvalue weighted by atomic mass is 9.82. The van der Waals surface area contributed by atoms with Gasteiger partial charge in [-0.3, -0.25) is 9.78 Å². The molecular formula is C23H20ClFN2O3S. The van der Waals surface area contributed by atoms with Crippen LogP contribution in [0.15, 0.2) is 30.5 Å². The van der Waals surface area contributed by atoms with Crippen molar-refractivity contribution in [1.82, 2.24) is 4.98 Å². The van der Waals surface area contributed by atoms with E-state index in [0.717, 1.165) is 27.9 Å². The molecule has 2 N–H and O–H groups in total. The Morgan fingerprint density at radius 2 is 2.00 bits per heavy atom. The van der Waals surface area contributed by atoms with Crippen molar-refractivity contribution in [2.45, 2.75) is 26.8 Å². The molecule has 0 radical (unpaired) electrons. The first-order chi connectivity index (χ1) is 14.7. The number of fused-ring (bicyclic) bond motifs is 3. The molecule has 0 unspecified atom stereocenters. The molecule has 8 heteroatoms. The van der Waals surface area contributed by atoms with E-state index >= 15 is 0 Å². The lowest BCUT2D eigenvalue weighted by Gasteiger charge is -2.35.